The third kappa shape index (κ3) is 6.00. The van der Waals surface area contributed by atoms with E-state index in [4.69, 9.17) is 0 Å². The maximum Gasteiger partial charge on any atom is 0.445 e. The van der Waals surface area contributed by atoms with Crippen LogP contribution in [0.2, 0.25) is 0 Å². The molecule has 19 heteroatoms. The molecule has 1 aromatic rings. The van der Waals surface area contributed by atoms with Crippen LogP contribution in [0.3, 0.4) is 0 Å². The van der Waals surface area contributed by atoms with Gasteiger partial charge in [-0.15, -0.1) is 0 Å². The summed E-state index contributed by atoms with van der Waals surface area (Å²) in [5, 5.41) is 0. The third-order valence-electron chi connectivity index (χ3n) is 4.67. The van der Waals surface area contributed by atoms with Gasteiger partial charge in [0.1, 0.15) is 0 Å². The highest BCUT2D eigenvalue weighted by molar-refractivity contribution is 5.75. The lowest BCUT2D eigenvalue weighted by atomic mass is 9.97. The molecule has 0 spiro atoms. The molecular formula is C20H9F19. The van der Waals surface area contributed by atoms with Crippen molar-refractivity contribution in [3.63, 3.8) is 0 Å². The largest absolute Gasteiger partial charge is 0.445 e. The first-order chi connectivity index (χ1) is 17.3. The Balaban J connectivity index is 0.000000396. The number of benzene rings is 1. The van der Waals surface area contributed by atoms with E-state index in [-0.39, 0.29) is 0 Å². The van der Waals surface area contributed by atoms with E-state index in [0.29, 0.717) is 6.42 Å². The molecule has 0 nitrogen and oxygen atoms in total. The van der Waals surface area contributed by atoms with Crippen LogP contribution in [-0.4, -0.2) is 24.2 Å². The van der Waals surface area contributed by atoms with Crippen molar-refractivity contribution in [3.8, 4) is 0 Å². The molecule has 0 aliphatic heterocycles. The van der Waals surface area contributed by atoms with Gasteiger partial charge in [-0.25, -0.2) is 30.7 Å². The fourth-order valence-electron chi connectivity index (χ4n) is 2.85. The lowest BCUT2D eigenvalue weighted by Crippen LogP contribution is -2.54. The minimum atomic E-state index is -7.15. The first kappa shape index (κ1) is 34.1. The van der Waals surface area contributed by atoms with E-state index in [1.54, 1.807) is 6.92 Å². The smallest absolute Gasteiger partial charge is 0.215 e. The molecule has 0 saturated carbocycles. The quantitative estimate of drug-likeness (QED) is 0.181. The van der Waals surface area contributed by atoms with Gasteiger partial charge in [-0.05, 0) is 12.8 Å². The van der Waals surface area contributed by atoms with E-state index >= 15 is 0 Å². The zero-order valence-electron chi connectivity index (χ0n) is 18.3. The number of fused-ring (bicyclic) bond motifs is 1. The van der Waals surface area contributed by atoms with E-state index in [0.717, 1.165) is 0 Å². The van der Waals surface area contributed by atoms with Crippen molar-refractivity contribution in [2.45, 2.75) is 49.9 Å². The van der Waals surface area contributed by atoms with Crippen molar-refractivity contribution in [1.29, 1.82) is 0 Å². The average molecular weight is 610 g/mol. The van der Waals surface area contributed by atoms with Crippen molar-refractivity contribution >= 4 is 5.83 Å². The number of halogens is 19. The van der Waals surface area contributed by atoms with E-state index in [1.165, 1.54) is 12.2 Å². The fraction of sp³-hybridized carbons (Fsp3) is 0.400. The Kier molecular flexibility index (Phi) is 9.58. The summed E-state index contributed by atoms with van der Waals surface area (Å²) in [6.07, 6.45) is -18.0. The SMILES string of the molecule is CCC=CCc1c(F)c(F)c(F)c2c1C(F)=C(F)C2(F)F.FC(=C(F)C(F)(C(F)(F)F)C(F)(F)F)C(F)(F)F. The van der Waals surface area contributed by atoms with Crippen LogP contribution in [0.1, 0.15) is 30.0 Å². The van der Waals surface area contributed by atoms with Gasteiger partial charge in [-0.1, -0.05) is 19.1 Å². The summed E-state index contributed by atoms with van der Waals surface area (Å²) in [4.78, 5) is 0. The molecule has 1 aliphatic carbocycles. The Bertz CT molecular complexity index is 1160. The molecule has 1 aliphatic rings. The van der Waals surface area contributed by atoms with Gasteiger partial charge in [0, 0.05) is 11.1 Å². The van der Waals surface area contributed by atoms with Crippen molar-refractivity contribution < 1.29 is 83.4 Å². The molecule has 0 radical (unpaired) electrons. The van der Waals surface area contributed by atoms with Crippen LogP contribution < -0.4 is 0 Å². The molecule has 2 rings (SSSR count). The highest BCUT2D eigenvalue weighted by Crippen LogP contribution is 2.54. The van der Waals surface area contributed by atoms with Gasteiger partial charge in [0.05, 0.1) is 5.56 Å². The van der Waals surface area contributed by atoms with Gasteiger partial charge in [0.25, 0.3) is 0 Å². The standard InChI is InChI=1S/C14H9F7.C6F12/c1-2-3-4-5-6-7-8(11(17)12(18)9(6)15)14(20,21)13(19)10(7)16;7-1(2(8)4(10,11)12)3(9,5(13,14)15)6(16,17)18/h3-4H,2,5H2,1H3;. The molecule has 1 aromatic carbocycles. The third-order valence-corrected chi connectivity index (χ3v) is 4.67. The monoisotopic (exact) mass is 610 g/mol. The number of allylic oxidation sites excluding steroid dienone is 5. The summed E-state index contributed by atoms with van der Waals surface area (Å²) in [6.45, 7) is 1.72. The molecule has 222 valence electrons. The van der Waals surface area contributed by atoms with Crippen LogP contribution in [0.4, 0.5) is 83.4 Å². The predicted octanol–water partition coefficient (Wildman–Crippen LogP) is 9.86. The van der Waals surface area contributed by atoms with E-state index in [2.05, 4.69) is 0 Å². The second kappa shape index (κ2) is 10.9. The van der Waals surface area contributed by atoms with Crippen molar-refractivity contribution in [1.82, 2.24) is 0 Å². The molecule has 0 aromatic heterocycles. The zero-order valence-corrected chi connectivity index (χ0v) is 18.3. The average Bonchev–Trinajstić information content (AvgIpc) is 2.96. The van der Waals surface area contributed by atoms with E-state index in [9.17, 15) is 83.4 Å². The second-order valence-electron chi connectivity index (χ2n) is 7.24. The van der Waals surface area contributed by atoms with Crippen LogP contribution in [0.25, 0.3) is 5.83 Å². The summed E-state index contributed by atoms with van der Waals surface area (Å²) >= 11 is 0. The Hall–Kier alpha value is -2.89. The molecule has 0 saturated heterocycles. The van der Waals surface area contributed by atoms with Crippen molar-refractivity contribution in [3.05, 3.63) is 63.8 Å². The van der Waals surface area contributed by atoms with Gasteiger partial charge < -0.3 is 0 Å². The molecule has 0 fully saturated rings. The maximum absolute atomic E-state index is 13.7. The Morgan fingerprint density at radius 3 is 1.54 bits per heavy atom. The first-order valence-electron chi connectivity index (χ1n) is 9.55. The minimum absolute atomic E-state index is 0.462. The normalized spacial score (nSPS) is 16.8. The molecule has 0 heterocycles. The molecule has 0 unspecified atom stereocenters. The first-order valence-corrected chi connectivity index (χ1v) is 9.55. The van der Waals surface area contributed by atoms with Crippen LogP contribution in [0, 0.1) is 17.5 Å². The maximum atomic E-state index is 13.7. The van der Waals surface area contributed by atoms with Crippen LogP contribution in [0.15, 0.2) is 29.6 Å². The molecule has 39 heavy (non-hydrogen) atoms. The topological polar surface area (TPSA) is 0 Å². The Morgan fingerprint density at radius 2 is 1.15 bits per heavy atom. The molecule has 0 bridgehead atoms. The summed E-state index contributed by atoms with van der Waals surface area (Å²) < 4.78 is 236. The zero-order chi connectivity index (χ0) is 31.1. The van der Waals surface area contributed by atoms with Gasteiger partial charge >= 0.3 is 30.1 Å². The lowest BCUT2D eigenvalue weighted by Gasteiger charge is -2.28. The van der Waals surface area contributed by atoms with Crippen LogP contribution >= 0.6 is 0 Å². The van der Waals surface area contributed by atoms with Gasteiger partial charge in [0.15, 0.2) is 29.1 Å². The van der Waals surface area contributed by atoms with E-state index in [1.807, 2.05) is 0 Å². The van der Waals surface area contributed by atoms with Crippen molar-refractivity contribution in [2.24, 2.45) is 0 Å². The molecular weight excluding hydrogens is 601 g/mol. The van der Waals surface area contributed by atoms with Gasteiger partial charge in [-0.3, -0.25) is 0 Å². The highest BCUT2D eigenvalue weighted by atomic mass is 19.4. The fourth-order valence-corrected chi connectivity index (χ4v) is 2.85. The van der Waals surface area contributed by atoms with Crippen LogP contribution in [0.5, 0.6) is 0 Å². The number of hydrogen-bond acceptors (Lipinski definition) is 0. The summed E-state index contributed by atoms with van der Waals surface area (Å²) in [5.74, 6) is -24.6. The van der Waals surface area contributed by atoms with Crippen molar-refractivity contribution in [2.75, 3.05) is 0 Å². The summed E-state index contributed by atoms with van der Waals surface area (Å²) in [5.41, 5.74) is -10.9. The number of alkyl halides is 12. The number of rotatable bonds is 4. The van der Waals surface area contributed by atoms with Gasteiger partial charge in [0.2, 0.25) is 11.7 Å². The highest BCUT2D eigenvalue weighted by Gasteiger charge is 2.77. The molecule has 0 N–H and O–H groups in total. The molecule has 0 amide bonds. The summed E-state index contributed by atoms with van der Waals surface area (Å²) in [6, 6.07) is 0. The Morgan fingerprint density at radius 1 is 0.692 bits per heavy atom. The minimum Gasteiger partial charge on any atom is -0.215 e. The number of hydrogen-bond donors (Lipinski definition) is 0. The van der Waals surface area contributed by atoms with Crippen LogP contribution in [-0.2, 0) is 12.3 Å². The van der Waals surface area contributed by atoms with Gasteiger partial charge in [-0.2, -0.15) is 52.7 Å². The Labute approximate surface area is 204 Å². The predicted molar refractivity (Wildman–Crippen MR) is 93.7 cm³/mol. The van der Waals surface area contributed by atoms with E-state index < -0.39 is 94.0 Å². The molecule has 0 atom stereocenters. The second-order valence-corrected chi connectivity index (χ2v) is 7.24. The lowest BCUT2D eigenvalue weighted by molar-refractivity contribution is -0.332. The summed E-state index contributed by atoms with van der Waals surface area (Å²) in [7, 11) is 0.